The van der Waals surface area contributed by atoms with E-state index in [0.717, 1.165) is 11.8 Å². The highest BCUT2D eigenvalue weighted by molar-refractivity contribution is 7.43. The van der Waals surface area contributed by atoms with Gasteiger partial charge in [0.2, 0.25) is 0 Å². The van der Waals surface area contributed by atoms with Gasteiger partial charge >= 0.3 is 0 Å². The summed E-state index contributed by atoms with van der Waals surface area (Å²) in [5.41, 5.74) is 14.8. The van der Waals surface area contributed by atoms with Crippen LogP contribution in [0.15, 0.2) is 97.1 Å². The molecule has 6 heterocycles. The highest BCUT2D eigenvalue weighted by atomic mass is 32.1. The molecule has 0 bridgehead atoms. The van der Waals surface area contributed by atoms with Gasteiger partial charge in [-0.25, -0.2) is 0 Å². The quantitative estimate of drug-likeness (QED) is 0.0394. The van der Waals surface area contributed by atoms with Crippen molar-refractivity contribution in [3.8, 4) is 0 Å². The summed E-state index contributed by atoms with van der Waals surface area (Å²) in [6.07, 6.45) is 35.4. The number of hydrogen-bond donors (Lipinski definition) is 0. The number of thiophene rings is 6. The van der Waals surface area contributed by atoms with Gasteiger partial charge in [-0.2, -0.15) is 0 Å². The van der Waals surface area contributed by atoms with Gasteiger partial charge < -0.3 is 0 Å². The van der Waals surface area contributed by atoms with Crippen molar-refractivity contribution in [3.63, 3.8) is 0 Å². The van der Waals surface area contributed by atoms with Crippen molar-refractivity contribution in [2.75, 3.05) is 0 Å². The molecule has 0 nitrogen and oxygen atoms in total. The lowest BCUT2D eigenvalue weighted by Crippen LogP contribution is -2.05. The zero-order valence-electron chi connectivity index (χ0n) is 47.2. The van der Waals surface area contributed by atoms with Gasteiger partial charge in [0.1, 0.15) is 0 Å². The topological polar surface area (TPSA) is 0 Å². The fraction of sp³-hybridized carbons (Fsp3) is 0.444. The first-order chi connectivity index (χ1) is 38.6. The van der Waals surface area contributed by atoms with Crippen LogP contribution in [0.25, 0.3) is 80.1 Å². The van der Waals surface area contributed by atoms with E-state index in [2.05, 4.69) is 170 Å². The second-order valence-corrected chi connectivity index (χ2v) is 29.7. The summed E-state index contributed by atoms with van der Waals surface area (Å²) in [7, 11) is 0. The Morgan fingerprint density at radius 3 is 1.01 bits per heavy atom. The molecule has 4 aromatic carbocycles. The zero-order valence-corrected chi connectivity index (χ0v) is 52.1. The average Bonchev–Trinajstić information content (AvgIpc) is 4.54. The first kappa shape index (κ1) is 54.7. The van der Waals surface area contributed by atoms with Gasteiger partial charge in [-0.15, -0.1) is 68.0 Å². The van der Waals surface area contributed by atoms with E-state index in [9.17, 15) is 0 Å². The number of unbranched alkanes of at least 4 members (excludes halogenated alkanes) is 16. The molecule has 10 aromatic rings. The van der Waals surface area contributed by atoms with Crippen molar-refractivity contribution in [1.82, 2.24) is 0 Å². The van der Waals surface area contributed by atoms with Crippen LogP contribution in [-0.2, 0) is 12.8 Å². The van der Waals surface area contributed by atoms with Gasteiger partial charge in [0.15, 0.2) is 0 Å². The molecule has 0 spiro atoms. The van der Waals surface area contributed by atoms with Crippen molar-refractivity contribution in [1.29, 1.82) is 0 Å². The Labute approximate surface area is 490 Å². The summed E-state index contributed by atoms with van der Waals surface area (Å²) >= 11 is 12.4. The van der Waals surface area contributed by atoms with Gasteiger partial charge in [0.05, 0.1) is 37.6 Å². The zero-order chi connectivity index (χ0) is 53.0. The van der Waals surface area contributed by atoms with Gasteiger partial charge in [0.25, 0.3) is 0 Å². The van der Waals surface area contributed by atoms with Crippen molar-refractivity contribution < 1.29 is 0 Å². The van der Waals surface area contributed by atoms with Crippen molar-refractivity contribution in [2.24, 2.45) is 11.8 Å². The molecule has 0 amide bonds. The molecule has 0 saturated carbocycles. The molecular weight excluding hydrogens is 1060 g/mol. The minimum atomic E-state index is 0.770. The molecule has 0 N–H and O–H groups in total. The lowest BCUT2D eigenvalue weighted by molar-refractivity contribution is 0.402. The fourth-order valence-electron chi connectivity index (χ4n) is 13.5. The number of allylic oxidation sites excluding steroid dienone is 2. The number of fused-ring (bicyclic) bond motifs is 17. The normalized spacial score (nSPS) is 14.3. The molecule has 6 heteroatoms. The Kier molecular flexibility index (Phi) is 17.9. The molecule has 6 aromatic heterocycles. The third-order valence-corrected chi connectivity index (χ3v) is 25.8. The first-order valence-corrected chi connectivity index (χ1v) is 35.9. The van der Waals surface area contributed by atoms with Crippen LogP contribution in [0.1, 0.15) is 225 Å². The summed E-state index contributed by atoms with van der Waals surface area (Å²) in [5.74, 6) is 1.54. The van der Waals surface area contributed by atoms with Gasteiger partial charge in [-0.05, 0) is 59.1 Å². The molecule has 2 aliphatic carbocycles. The predicted molar refractivity (Wildman–Crippen MR) is 358 cm³/mol. The molecule has 0 fully saturated rings. The minimum Gasteiger partial charge on any atom is -0.133 e. The third kappa shape index (κ3) is 11.0. The Balaban J connectivity index is 0.971. The Morgan fingerprint density at radius 2 is 0.628 bits per heavy atom. The number of hydrogen-bond acceptors (Lipinski definition) is 6. The van der Waals surface area contributed by atoms with E-state index in [1.165, 1.54) is 290 Å². The standard InChI is InChI=1S/C72H82S6/c1-5-9-13-17-19-23-31-47(29-21-15-11-7-3)45-49-37-41-51(42-38-49)57-59-60(66-61(57)67-71(78-66)69-63(75-67)53-33-25-27-35-55(53)73-69)58(62-65(59)77-72-68(62)76-64-54-34-26-28-36-56(54)74-70(64)72)52-43-39-50(40-44-52)46-48(30-22-16-12-8-4)32-24-20-18-14-10-6-2/h25-28,33-44,47-48H,5-24,29-32,45-46H2,1-4H3. The molecular formula is C72H82S6. The average molecular weight is 1140 g/mol. The summed E-state index contributed by atoms with van der Waals surface area (Å²) in [6.45, 7) is 9.36. The third-order valence-electron chi connectivity index (χ3n) is 17.8. The van der Waals surface area contributed by atoms with E-state index in [1.54, 1.807) is 0 Å². The molecule has 78 heavy (non-hydrogen) atoms. The Bertz CT molecular complexity index is 3450. The monoisotopic (exact) mass is 1140 g/mol. The summed E-state index contributed by atoms with van der Waals surface area (Å²) in [4.78, 5) is 3.00. The Morgan fingerprint density at radius 1 is 0.295 bits per heavy atom. The summed E-state index contributed by atoms with van der Waals surface area (Å²) < 4.78 is 14.7. The molecule has 2 atom stereocenters. The second kappa shape index (κ2) is 25.5. The van der Waals surface area contributed by atoms with Gasteiger partial charge in [-0.3, -0.25) is 0 Å². The van der Waals surface area contributed by atoms with E-state index < -0.39 is 0 Å². The maximum Gasteiger partial charge on any atom is 0.0642 e. The van der Waals surface area contributed by atoms with Gasteiger partial charge in [0, 0.05) is 63.3 Å². The van der Waals surface area contributed by atoms with Crippen LogP contribution in [0, 0.1) is 11.8 Å². The van der Waals surface area contributed by atoms with Crippen LogP contribution in [0.2, 0.25) is 0 Å². The minimum absolute atomic E-state index is 0.770. The molecule has 0 saturated heterocycles. The fourth-order valence-corrected chi connectivity index (χ4v) is 22.4. The smallest absolute Gasteiger partial charge is 0.0642 e. The number of rotatable bonds is 30. The van der Waals surface area contributed by atoms with Crippen molar-refractivity contribution in [3.05, 3.63) is 140 Å². The molecule has 0 radical (unpaired) electrons. The van der Waals surface area contributed by atoms with E-state index in [1.807, 2.05) is 22.7 Å². The van der Waals surface area contributed by atoms with Gasteiger partial charge in [-0.1, -0.05) is 267 Å². The van der Waals surface area contributed by atoms with Crippen LogP contribution in [-0.4, -0.2) is 0 Å². The van der Waals surface area contributed by atoms with Crippen LogP contribution in [0.5, 0.6) is 0 Å². The highest BCUT2D eigenvalue weighted by Crippen LogP contribution is 2.67. The van der Waals surface area contributed by atoms with E-state index >= 15 is 0 Å². The van der Waals surface area contributed by atoms with Crippen LogP contribution >= 0.6 is 68.0 Å². The first-order valence-electron chi connectivity index (χ1n) is 31.0. The highest BCUT2D eigenvalue weighted by Gasteiger charge is 2.43. The molecule has 2 unspecified atom stereocenters. The SMILES string of the molecule is CCCCCCCCC(CCCCCC)Cc1ccc(C2=C3C(=C(c4ccc(CC(CCCCCC)CCCCCCCC)cc4)c4c3sc3c4sc4c5ccccc5sc34)c3sc4c(sc5c6ccccc6sc45)c32)cc1. The molecule has 12 rings (SSSR count). The van der Waals surface area contributed by atoms with E-state index in [0.29, 0.717) is 0 Å². The summed E-state index contributed by atoms with van der Waals surface area (Å²) in [5, 5.41) is 2.84. The van der Waals surface area contributed by atoms with Crippen molar-refractivity contribution >= 4 is 148 Å². The maximum atomic E-state index is 2.55. The molecule has 406 valence electrons. The van der Waals surface area contributed by atoms with E-state index in [-0.39, 0.29) is 0 Å². The summed E-state index contributed by atoms with van der Waals surface area (Å²) in [6, 6.07) is 38.7. The lowest BCUT2D eigenvalue weighted by Gasteiger charge is -2.18. The molecule has 2 aliphatic rings. The maximum absolute atomic E-state index is 2.55. The van der Waals surface area contributed by atoms with E-state index in [4.69, 9.17) is 0 Å². The second-order valence-electron chi connectivity index (χ2n) is 23.5. The predicted octanol–water partition coefficient (Wildman–Crippen LogP) is 26.0. The van der Waals surface area contributed by atoms with Crippen LogP contribution in [0.4, 0.5) is 0 Å². The Hall–Kier alpha value is -3.88. The van der Waals surface area contributed by atoms with Crippen LogP contribution < -0.4 is 0 Å². The van der Waals surface area contributed by atoms with Crippen molar-refractivity contribution in [2.45, 2.75) is 195 Å². The largest absolute Gasteiger partial charge is 0.133 e. The lowest BCUT2D eigenvalue weighted by atomic mass is 9.88. The number of benzene rings is 4. The molecule has 0 aliphatic heterocycles. The van der Waals surface area contributed by atoms with Crippen LogP contribution in [0.3, 0.4) is 0 Å².